The van der Waals surface area contributed by atoms with Crippen LogP contribution in [0.2, 0.25) is 0 Å². The molecule has 0 atom stereocenters. The number of carbonyl (C=O) groups excluding carboxylic acids is 1. The number of rotatable bonds is 4. The molecule has 7 heteroatoms. The van der Waals surface area contributed by atoms with Crippen LogP contribution in [0.15, 0.2) is 52.4 Å². The highest BCUT2D eigenvalue weighted by molar-refractivity contribution is 7.13. The Morgan fingerprint density at radius 2 is 2.09 bits per heavy atom. The molecule has 2 aromatic heterocycles. The van der Waals surface area contributed by atoms with Gasteiger partial charge in [-0.3, -0.25) is 0 Å². The molecule has 112 valence electrons. The van der Waals surface area contributed by atoms with E-state index in [9.17, 15) is 4.79 Å². The number of benzene rings is 1. The third kappa shape index (κ3) is 3.32. The van der Waals surface area contributed by atoms with Gasteiger partial charge in [0, 0.05) is 12.7 Å². The summed E-state index contributed by atoms with van der Waals surface area (Å²) >= 11 is 1.54. The number of anilines is 1. The first-order valence-corrected chi connectivity index (χ1v) is 7.54. The quantitative estimate of drug-likeness (QED) is 0.800. The predicted octanol–water partition coefficient (Wildman–Crippen LogP) is 3.46. The minimum atomic E-state index is -0.234. The molecule has 0 aliphatic heterocycles. The van der Waals surface area contributed by atoms with E-state index in [4.69, 9.17) is 4.52 Å². The van der Waals surface area contributed by atoms with Gasteiger partial charge >= 0.3 is 6.03 Å². The maximum Gasteiger partial charge on any atom is 0.322 e. The van der Waals surface area contributed by atoms with Crippen molar-refractivity contribution >= 4 is 23.1 Å². The first kappa shape index (κ1) is 14.3. The van der Waals surface area contributed by atoms with Crippen LogP contribution >= 0.6 is 11.3 Å². The summed E-state index contributed by atoms with van der Waals surface area (Å²) in [4.78, 5) is 18.8. The largest absolute Gasteiger partial charge is 0.337 e. The van der Waals surface area contributed by atoms with Gasteiger partial charge < -0.3 is 14.7 Å². The number of hydrogen-bond acceptors (Lipinski definition) is 5. The topological polar surface area (TPSA) is 71.3 Å². The number of amides is 2. The predicted molar refractivity (Wildman–Crippen MR) is 84.5 cm³/mol. The Bertz CT molecular complexity index is 740. The fourth-order valence-corrected chi connectivity index (χ4v) is 2.49. The first-order chi connectivity index (χ1) is 10.7. The van der Waals surface area contributed by atoms with E-state index < -0.39 is 0 Å². The van der Waals surface area contributed by atoms with Crippen LogP contribution in [-0.4, -0.2) is 28.1 Å². The van der Waals surface area contributed by atoms with Gasteiger partial charge in [-0.15, -0.1) is 11.3 Å². The average molecular weight is 314 g/mol. The van der Waals surface area contributed by atoms with Crippen LogP contribution in [0.5, 0.6) is 0 Å². The summed E-state index contributed by atoms with van der Waals surface area (Å²) < 4.78 is 5.18. The van der Waals surface area contributed by atoms with Crippen molar-refractivity contribution in [3.8, 4) is 10.7 Å². The molecular weight excluding hydrogens is 300 g/mol. The summed E-state index contributed by atoms with van der Waals surface area (Å²) in [6, 6.07) is 12.9. The highest BCUT2D eigenvalue weighted by Crippen LogP contribution is 2.21. The molecule has 3 aromatic rings. The van der Waals surface area contributed by atoms with E-state index in [1.807, 2.05) is 47.8 Å². The fraction of sp³-hybridized carbons (Fsp3) is 0.133. The van der Waals surface area contributed by atoms with Crippen LogP contribution in [0, 0.1) is 0 Å². The summed E-state index contributed by atoms with van der Waals surface area (Å²) in [6.45, 7) is 0.247. The standard InChI is InChI=1S/C15H14N4O2S/c1-19(15(20)16-11-6-3-2-4-7-11)10-13-17-14(18-21-13)12-8-5-9-22-12/h2-9H,10H2,1H3,(H,16,20). The number of nitrogens with one attached hydrogen (secondary N) is 1. The molecule has 0 saturated heterocycles. The van der Waals surface area contributed by atoms with Crippen LogP contribution in [0.25, 0.3) is 10.7 Å². The normalized spacial score (nSPS) is 10.4. The van der Waals surface area contributed by atoms with Crippen LogP contribution in [-0.2, 0) is 6.54 Å². The maximum atomic E-state index is 12.1. The summed E-state index contributed by atoms with van der Waals surface area (Å²) in [6.07, 6.45) is 0. The van der Waals surface area contributed by atoms with Crippen molar-refractivity contribution in [1.82, 2.24) is 15.0 Å². The lowest BCUT2D eigenvalue weighted by Gasteiger charge is -2.15. The van der Waals surface area contributed by atoms with Gasteiger partial charge in [0.15, 0.2) is 0 Å². The lowest BCUT2D eigenvalue weighted by Crippen LogP contribution is -2.30. The third-order valence-electron chi connectivity index (χ3n) is 2.95. The Morgan fingerprint density at radius 1 is 1.27 bits per heavy atom. The first-order valence-electron chi connectivity index (χ1n) is 6.66. The number of carbonyl (C=O) groups is 1. The molecule has 0 saturated carbocycles. The smallest absolute Gasteiger partial charge is 0.322 e. The molecule has 1 aromatic carbocycles. The fourth-order valence-electron chi connectivity index (χ4n) is 1.84. The van der Waals surface area contributed by atoms with Gasteiger partial charge in [-0.25, -0.2) is 4.79 Å². The van der Waals surface area contributed by atoms with E-state index in [-0.39, 0.29) is 12.6 Å². The zero-order chi connectivity index (χ0) is 15.4. The number of para-hydroxylation sites is 1. The monoisotopic (exact) mass is 314 g/mol. The molecule has 1 N–H and O–H groups in total. The Balaban J connectivity index is 1.62. The van der Waals surface area contributed by atoms with Crippen LogP contribution < -0.4 is 5.32 Å². The highest BCUT2D eigenvalue weighted by atomic mass is 32.1. The van der Waals surface area contributed by atoms with Crippen molar-refractivity contribution in [1.29, 1.82) is 0 Å². The highest BCUT2D eigenvalue weighted by Gasteiger charge is 2.15. The summed E-state index contributed by atoms with van der Waals surface area (Å²) in [7, 11) is 1.67. The van der Waals surface area contributed by atoms with Crippen molar-refractivity contribution in [2.45, 2.75) is 6.54 Å². The van der Waals surface area contributed by atoms with Gasteiger partial charge in [0.2, 0.25) is 11.7 Å². The summed E-state index contributed by atoms with van der Waals surface area (Å²) in [5.74, 6) is 0.941. The van der Waals surface area contributed by atoms with E-state index in [2.05, 4.69) is 15.5 Å². The lowest BCUT2D eigenvalue weighted by molar-refractivity contribution is 0.213. The van der Waals surface area contributed by atoms with Gasteiger partial charge in [0.25, 0.3) is 0 Å². The third-order valence-corrected chi connectivity index (χ3v) is 3.82. The molecule has 3 rings (SSSR count). The van der Waals surface area contributed by atoms with Gasteiger partial charge in [0.05, 0.1) is 4.88 Å². The van der Waals surface area contributed by atoms with Gasteiger partial charge in [-0.05, 0) is 23.6 Å². The Morgan fingerprint density at radius 3 is 2.82 bits per heavy atom. The van der Waals surface area contributed by atoms with E-state index in [1.54, 1.807) is 7.05 Å². The second-order valence-corrected chi connectivity index (χ2v) is 5.59. The van der Waals surface area contributed by atoms with E-state index in [0.717, 1.165) is 10.6 Å². The summed E-state index contributed by atoms with van der Waals surface area (Å²) in [5, 5.41) is 8.67. The van der Waals surface area contributed by atoms with Crippen molar-refractivity contribution in [3.63, 3.8) is 0 Å². The molecule has 22 heavy (non-hydrogen) atoms. The number of nitrogens with zero attached hydrogens (tertiary/aromatic N) is 3. The second-order valence-electron chi connectivity index (χ2n) is 4.64. The van der Waals surface area contributed by atoms with E-state index in [0.29, 0.717) is 11.7 Å². The SMILES string of the molecule is CN(Cc1nc(-c2cccs2)no1)C(=O)Nc1ccccc1. The maximum absolute atomic E-state index is 12.1. The van der Waals surface area contributed by atoms with Crippen LogP contribution in [0.4, 0.5) is 10.5 Å². The number of aromatic nitrogens is 2. The van der Waals surface area contributed by atoms with Gasteiger partial charge in [0.1, 0.15) is 6.54 Å². The number of thiophene rings is 1. The molecule has 0 radical (unpaired) electrons. The zero-order valence-corrected chi connectivity index (χ0v) is 12.7. The average Bonchev–Trinajstić information content (AvgIpc) is 3.19. The van der Waals surface area contributed by atoms with Crippen molar-refractivity contribution < 1.29 is 9.32 Å². The number of urea groups is 1. The Labute approximate surface area is 131 Å². The van der Waals surface area contributed by atoms with Crippen molar-refractivity contribution in [2.24, 2.45) is 0 Å². The van der Waals surface area contributed by atoms with Crippen molar-refractivity contribution in [3.05, 3.63) is 53.7 Å². The van der Waals surface area contributed by atoms with E-state index >= 15 is 0 Å². The molecule has 0 unspecified atom stereocenters. The molecular formula is C15H14N4O2S. The zero-order valence-electron chi connectivity index (χ0n) is 11.9. The molecule has 0 aliphatic rings. The van der Waals surface area contributed by atoms with Crippen LogP contribution in [0.3, 0.4) is 0 Å². The molecule has 0 spiro atoms. The summed E-state index contributed by atoms with van der Waals surface area (Å²) in [5.41, 5.74) is 0.740. The lowest BCUT2D eigenvalue weighted by atomic mass is 10.3. The Kier molecular flexibility index (Phi) is 4.15. The van der Waals surface area contributed by atoms with Gasteiger partial charge in [-0.1, -0.05) is 29.4 Å². The van der Waals surface area contributed by atoms with Crippen molar-refractivity contribution in [2.75, 3.05) is 12.4 Å². The second kappa shape index (κ2) is 6.40. The minimum absolute atomic E-state index is 0.234. The molecule has 0 bridgehead atoms. The molecule has 2 amide bonds. The van der Waals surface area contributed by atoms with Gasteiger partial charge in [-0.2, -0.15) is 4.98 Å². The number of hydrogen-bond donors (Lipinski definition) is 1. The molecule has 2 heterocycles. The minimum Gasteiger partial charge on any atom is -0.337 e. The Hall–Kier alpha value is -2.67. The van der Waals surface area contributed by atoms with Crippen LogP contribution in [0.1, 0.15) is 5.89 Å². The molecule has 0 fully saturated rings. The molecule has 6 nitrogen and oxygen atoms in total. The van der Waals surface area contributed by atoms with E-state index in [1.165, 1.54) is 16.2 Å². The molecule has 0 aliphatic carbocycles.